The van der Waals surface area contributed by atoms with Crippen molar-refractivity contribution in [2.75, 3.05) is 18.4 Å². The summed E-state index contributed by atoms with van der Waals surface area (Å²) in [4.78, 5) is 44.8. The number of hydrogen-bond acceptors (Lipinski definition) is 6. The highest BCUT2D eigenvalue weighted by Gasteiger charge is 2.30. The van der Waals surface area contributed by atoms with Crippen LogP contribution in [0.2, 0.25) is 0 Å². The molecule has 0 spiro atoms. The van der Waals surface area contributed by atoms with Gasteiger partial charge in [0.1, 0.15) is 17.7 Å². The van der Waals surface area contributed by atoms with Crippen LogP contribution in [0.4, 0.5) is 15.3 Å². The number of alkyl carbamates (subject to hydrolysis) is 1. The number of ether oxygens (including phenoxy) is 2. The second kappa shape index (κ2) is 14.0. The summed E-state index contributed by atoms with van der Waals surface area (Å²) in [6.07, 6.45) is 7.64. The van der Waals surface area contributed by atoms with E-state index in [1.54, 1.807) is 39.4 Å². The fraction of sp³-hybridized carbons (Fsp3) is 0.586. The number of imidazole rings is 1. The summed E-state index contributed by atoms with van der Waals surface area (Å²) in [5, 5.41) is 5.62. The molecule has 214 valence electrons. The van der Waals surface area contributed by atoms with E-state index in [-0.39, 0.29) is 12.6 Å². The van der Waals surface area contributed by atoms with Crippen molar-refractivity contribution in [3.05, 3.63) is 48.0 Å². The van der Waals surface area contributed by atoms with Crippen molar-refractivity contribution in [2.45, 2.75) is 97.4 Å². The maximum absolute atomic E-state index is 13.5. The van der Waals surface area contributed by atoms with Crippen LogP contribution in [-0.2, 0) is 20.8 Å². The number of amides is 3. The van der Waals surface area contributed by atoms with E-state index in [4.69, 9.17) is 9.47 Å². The molecular weight excluding hydrogens is 498 g/mol. The zero-order valence-electron chi connectivity index (χ0n) is 23.9. The van der Waals surface area contributed by atoms with Gasteiger partial charge >= 0.3 is 12.2 Å². The summed E-state index contributed by atoms with van der Waals surface area (Å²) in [6, 6.07) is 6.46. The lowest BCUT2D eigenvalue weighted by Crippen LogP contribution is -2.53. The van der Waals surface area contributed by atoms with E-state index in [1.807, 2.05) is 36.6 Å². The van der Waals surface area contributed by atoms with Gasteiger partial charge in [-0.3, -0.25) is 4.79 Å². The Balaban J connectivity index is 1.75. The van der Waals surface area contributed by atoms with E-state index in [0.717, 1.165) is 43.4 Å². The molecule has 1 unspecified atom stereocenters. The Labute approximate surface area is 231 Å². The van der Waals surface area contributed by atoms with Gasteiger partial charge < -0.3 is 29.6 Å². The van der Waals surface area contributed by atoms with E-state index in [0.29, 0.717) is 25.2 Å². The van der Waals surface area contributed by atoms with Crippen molar-refractivity contribution in [1.82, 2.24) is 19.8 Å². The summed E-state index contributed by atoms with van der Waals surface area (Å²) in [6.45, 7) is 10.2. The molecule has 3 rings (SSSR count). The third-order valence-electron chi connectivity index (χ3n) is 6.45. The molecule has 3 amide bonds. The van der Waals surface area contributed by atoms with Gasteiger partial charge in [0, 0.05) is 30.7 Å². The number of nitrogens with one attached hydrogen (secondary N) is 2. The first-order valence-corrected chi connectivity index (χ1v) is 13.9. The first-order valence-electron chi connectivity index (χ1n) is 13.9. The van der Waals surface area contributed by atoms with E-state index in [9.17, 15) is 14.4 Å². The fourth-order valence-corrected chi connectivity index (χ4v) is 4.50. The molecule has 10 nitrogen and oxygen atoms in total. The highest BCUT2D eigenvalue weighted by molar-refractivity contribution is 5.97. The lowest BCUT2D eigenvalue weighted by Gasteiger charge is -2.30. The van der Waals surface area contributed by atoms with E-state index in [2.05, 4.69) is 15.6 Å². The van der Waals surface area contributed by atoms with Crippen LogP contribution in [0.3, 0.4) is 0 Å². The van der Waals surface area contributed by atoms with E-state index >= 15 is 0 Å². The van der Waals surface area contributed by atoms with Crippen LogP contribution in [0, 0.1) is 6.92 Å². The second-order valence-corrected chi connectivity index (χ2v) is 11.1. The number of carbonyl (C=O) groups excluding carboxylic acids is 3. The molecule has 1 heterocycles. The Kier molecular flexibility index (Phi) is 10.8. The summed E-state index contributed by atoms with van der Waals surface area (Å²) in [5.74, 6) is -0.448. The average molecular weight is 542 g/mol. The molecular formula is C29H43N5O5. The predicted octanol–water partition coefficient (Wildman–Crippen LogP) is 5.25. The first kappa shape index (κ1) is 30.0. The van der Waals surface area contributed by atoms with Gasteiger partial charge in [-0.05, 0) is 77.5 Å². The highest BCUT2D eigenvalue weighted by Crippen LogP contribution is 2.20. The van der Waals surface area contributed by atoms with Crippen LogP contribution in [0.15, 0.2) is 36.8 Å². The molecule has 2 aromatic rings. The lowest BCUT2D eigenvalue weighted by molar-refractivity contribution is -0.118. The van der Waals surface area contributed by atoms with Crippen molar-refractivity contribution in [2.24, 2.45) is 0 Å². The van der Waals surface area contributed by atoms with Crippen LogP contribution < -0.4 is 10.6 Å². The summed E-state index contributed by atoms with van der Waals surface area (Å²) in [5.41, 5.74) is 1.91. The van der Waals surface area contributed by atoms with Gasteiger partial charge in [0.2, 0.25) is 5.91 Å². The monoisotopic (exact) mass is 541 g/mol. The zero-order valence-corrected chi connectivity index (χ0v) is 23.9. The van der Waals surface area contributed by atoms with Gasteiger partial charge in [0.15, 0.2) is 0 Å². The molecule has 0 aliphatic heterocycles. The van der Waals surface area contributed by atoms with Gasteiger partial charge in [-0.1, -0.05) is 25.5 Å². The molecule has 1 aliphatic rings. The fourth-order valence-electron chi connectivity index (χ4n) is 4.50. The molecule has 1 atom stereocenters. The number of hydrogen-bond donors (Lipinski definition) is 2. The third kappa shape index (κ3) is 9.92. The number of carbonyl (C=O) groups is 3. The molecule has 1 fully saturated rings. The summed E-state index contributed by atoms with van der Waals surface area (Å²) in [7, 11) is 0. The molecule has 39 heavy (non-hydrogen) atoms. The second-order valence-electron chi connectivity index (χ2n) is 11.1. The molecule has 1 saturated carbocycles. The van der Waals surface area contributed by atoms with Crippen LogP contribution in [0.5, 0.6) is 0 Å². The predicted molar refractivity (Wildman–Crippen MR) is 150 cm³/mol. The molecule has 0 radical (unpaired) electrons. The Morgan fingerprint density at radius 2 is 1.92 bits per heavy atom. The van der Waals surface area contributed by atoms with Gasteiger partial charge in [-0.15, -0.1) is 0 Å². The number of nitrogens with zero attached hydrogens (tertiary/aromatic N) is 3. The Hall–Kier alpha value is -3.56. The smallest absolute Gasteiger partial charge is 0.410 e. The number of anilines is 1. The third-order valence-corrected chi connectivity index (χ3v) is 6.45. The van der Waals surface area contributed by atoms with Crippen LogP contribution >= 0.6 is 0 Å². The molecule has 0 bridgehead atoms. The average Bonchev–Trinajstić information content (AvgIpc) is 3.27. The maximum Gasteiger partial charge on any atom is 0.410 e. The molecule has 0 saturated heterocycles. The molecule has 1 aromatic carbocycles. The minimum absolute atomic E-state index is 0.0533. The van der Waals surface area contributed by atoms with E-state index in [1.165, 1.54) is 4.90 Å². The minimum Gasteiger partial charge on any atom is -0.446 e. The maximum atomic E-state index is 13.5. The molecule has 2 N–H and O–H groups in total. The summed E-state index contributed by atoms with van der Waals surface area (Å²) >= 11 is 0. The molecule has 1 aromatic heterocycles. The summed E-state index contributed by atoms with van der Waals surface area (Å²) < 4.78 is 13.2. The topological polar surface area (TPSA) is 115 Å². The highest BCUT2D eigenvalue weighted by atomic mass is 16.6. The number of benzene rings is 1. The normalized spacial score (nSPS) is 14.8. The lowest BCUT2D eigenvalue weighted by atomic mass is 9.98. The molecule has 10 heteroatoms. The number of aromatic nitrogens is 2. The Bertz CT molecular complexity index is 1100. The van der Waals surface area contributed by atoms with Crippen molar-refractivity contribution in [1.29, 1.82) is 0 Å². The van der Waals surface area contributed by atoms with Gasteiger partial charge in [-0.25, -0.2) is 14.6 Å². The molecule has 1 aliphatic carbocycles. The van der Waals surface area contributed by atoms with E-state index < -0.39 is 29.7 Å². The van der Waals surface area contributed by atoms with Crippen molar-refractivity contribution < 1.29 is 23.9 Å². The first-order chi connectivity index (χ1) is 18.5. The quantitative estimate of drug-likeness (QED) is 0.424. The van der Waals surface area contributed by atoms with Crippen molar-refractivity contribution in [3.63, 3.8) is 0 Å². The van der Waals surface area contributed by atoms with Gasteiger partial charge in [0.05, 0.1) is 12.9 Å². The standard InChI is InChI=1S/C29H43N5O5/c1-6-15-33(28(37)39-29(3,4)5)19-25(32-27(36)38-24-13-8-7-9-14-24)26(35)31-23-12-10-11-22(16-23)18-34-20-30-17-21(34)2/h10-12,16-17,20,24-25H,6-9,13-15,18-19H2,1-5H3,(H,31,35)(H,32,36). The van der Waals surface area contributed by atoms with Crippen LogP contribution in [-0.4, -0.2) is 63.4 Å². The zero-order chi connectivity index (χ0) is 28.4. The van der Waals surface area contributed by atoms with Gasteiger partial charge in [-0.2, -0.15) is 0 Å². The minimum atomic E-state index is -1.04. The van der Waals surface area contributed by atoms with Crippen LogP contribution in [0.1, 0.15) is 77.5 Å². The number of aryl methyl sites for hydroxylation is 1. The SMILES string of the molecule is CCCN(CC(NC(=O)OC1CCCCC1)C(=O)Nc1cccc(Cn2cncc2C)c1)C(=O)OC(C)(C)C. The largest absolute Gasteiger partial charge is 0.446 e. The Morgan fingerprint density at radius 1 is 1.18 bits per heavy atom. The Morgan fingerprint density at radius 3 is 2.56 bits per heavy atom. The van der Waals surface area contributed by atoms with Crippen LogP contribution in [0.25, 0.3) is 0 Å². The number of rotatable bonds is 10. The van der Waals surface area contributed by atoms with Crippen molar-refractivity contribution in [3.8, 4) is 0 Å². The van der Waals surface area contributed by atoms with Crippen molar-refractivity contribution >= 4 is 23.8 Å². The van der Waals surface area contributed by atoms with Gasteiger partial charge in [0.25, 0.3) is 0 Å².